The monoisotopic (exact) mass is 357 g/mol. The van der Waals surface area contributed by atoms with Crippen molar-refractivity contribution < 1.29 is 9.15 Å². The molecule has 7 nitrogen and oxygen atoms in total. The maximum atomic E-state index is 5.73. The molecule has 2 heterocycles. The normalized spacial score (nSPS) is 14.3. The first-order valence-corrected chi connectivity index (χ1v) is 9.17. The number of ether oxygens (including phenoxy) is 1. The number of rotatable bonds is 8. The number of hydrogen-bond donors (Lipinski definition) is 2. The Morgan fingerprint density at radius 2 is 2.19 bits per heavy atom. The van der Waals surface area contributed by atoms with Gasteiger partial charge < -0.3 is 19.8 Å². The van der Waals surface area contributed by atoms with E-state index in [4.69, 9.17) is 9.15 Å². The minimum Gasteiger partial charge on any atom is -0.477 e. The van der Waals surface area contributed by atoms with Crippen LogP contribution in [0.2, 0.25) is 0 Å². The highest BCUT2D eigenvalue weighted by atomic mass is 16.5. The van der Waals surface area contributed by atoms with Gasteiger partial charge >= 0.3 is 0 Å². The summed E-state index contributed by atoms with van der Waals surface area (Å²) in [6, 6.07) is 3.91. The Kier molecular flexibility index (Phi) is 6.09. The topological polar surface area (TPSA) is 84.6 Å². The highest BCUT2D eigenvalue weighted by Crippen LogP contribution is 2.29. The Labute approximate surface area is 154 Å². The molecule has 1 aliphatic rings. The Balaban J connectivity index is 1.56. The lowest BCUT2D eigenvalue weighted by atomic mass is 10.3. The molecular formula is C19H27N5O2. The Hall–Kier alpha value is -2.57. The lowest BCUT2D eigenvalue weighted by Crippen LogP contribution is -2.36. The maximum Gasteiger partial charge on any atom is 0.214 e. The van der Waals surface area contributed by atoms with Crippen LogP contribution < -0.4 is 15.4 Å². The molecule has 0 bridgehead atoms. The summed E-state index contributed by atoms with van der Waals surface area (Å²) in [5, 5.41) is 6.48. The fourth-order valence-corrected chi connectivity index (χ4v) is 2.40. The number of aryl methyl sites for hydroxylation is 2. The molecule has 0 radical (unpaired) electrons. The summed E-state index contributed by atoms with van der Waals surface area (Å²) in [6.45, 7) is 8.46. The van der Waals surface area contributed by atoms with Crippen molar-refractivity contribution in [2.45, 2.75) is 46.7 Å². The smallest absolute Gasteiger partial charge is 0.214 e. The van der Waals surface area contributed by atoms with Crippen LogP contribution in [0, 0.1) is 19.8 Å². The molecule has 26 heavy (non-hydrogen) atoms. The second-order valence-electron chi connectivity index (χ2n) is 6.55. The second-order valence-corrected chi connectivity index (χ2v) is 6.55. The third kappa shape index (κ3) is 5.47. The van der Waals surface area contributed by atoms with E-state index in [1.807, 2.05) is 32.9 Å². The van der Waals surface area contributed by atoms with Gasteiger partial charge in [0.2, 0.25) is 11.8 Å². The van der Waals surface area contributed by atoms with E-state index in [-0.39, 0.29) is 0 Å². The van der Waals surface area contributed by atoms with E-state index < -0.39 is 0 Å². The predicted molar refractivity (Wildman–Crippen MR) is 100 cm³/mol. The van der Waals surface area contributed by atoms with E-state index in [0.717, 1.165) is 36.1 Å². The molecule has 2 aromatic heterocycles. The highest BCUT2D eigenvalue weighted by Gasteiger charge is 2.22. The van der Waals surface area contributed by atoms with Crippen LogP contribution in [-0.4, -0.2) is 29.1 Å². The predicted octanol–water partition coefficient (Wildman–Crippen LogP) is 2.73. The number of nitrogens with one attached hydrogen (secondary N) is 2. The zero-order valence-corrected chi connectivity index (χ0v) is 15.7. The molecule has 140 valence electrons. The highest BCUT2D eigenvalue weighted by molar-refractivity contribution is 5.79. The number of nitrogens with zero attached hydrogens (tertiary/aromatic N) is 3. The van der Waals surface area contributed by atoms with Gasteiger partial charge in [0, 0.05) is 18.8 Å². The van der Waals surface area contributed by atoms with Gasteiger partial charge in [-0.25, -0.2) is 15.0 Å². The summed E-state index contributed by atoms with van der Waals surface area (Å²) in [5.74, 6) is 3.61. The molecule has 2 N–H and O–H groups in total. The molecule has 0 unspecified atom stereocenters. The van der Waals surface area contributed by atoms with E-state index in [0.29, 0.717) is 30.8 Å². The molecule has 0 amide bonds. The van der Waals surface area contributed by atoms with Crippen molar-refractivity contribution in [1.82, 2.24) is 20.6 Å². The number of guanidine groups is 1. The molecule has 0 atom stereocenters. The molecule has 1 saturated carbocycles. The number of pyridine rings is 1. The van der Waals surface area contributed by atoms with Crippen molar-refractivity contribution >= 4 is 5.96 Å². The molecular weight excluding hydrogens is 330 g/mol. The number of oxazole rings is 1. The fourth-order valence-electron chi connectivity index (χ4n) is 2.40. The molecule has 1 fully saturated rings. The summed E-state index contributed by atoms with van der Waals surface area (Å²) in [5.41, 5.74) is 1.98. The van der Waals surface area contributed by atoms with Crippen LogP contribution in [0.5, 0.6) is 5.88 Å². The zero-order chi connectivity index (χ0) is 18.4. The first-order chi connectivity index (χ1) is 12.6. The average Bonchev–Trinajstić information content (AvgIpc) is 3.41. The van der Waals surface area contributed by atoms with Gasteiger partial charge in [-0.05, 0) is 51.2 Å². The molecule has 2 aromatic rings. The number of aliphatic imine (C=N–C) groups is 1. The van der Waals surface area contributed by atoms with E-state index in [1.165, 1.54) is 12.8 Å². The first kappa shape index (κ1) is 18.2. The number of hydrogen-bond acceptors (Lipinski definition) is 5. The molecule has 7 heteroatoms. The van der Waals surface area contributed by atoms with Gasteiger partial charge in [-0.2, -0.15) is 0 Å². The molecule has 0 aliphatic heterocycles. The standard InChI is InChI=1S/C19H27N5O2/c1-4-20-19(23-11-18-24-13(2)14(3)26-18)22-10-16-7-8-21-17(9-16)25-12-15-5-6-15/h7-9,15H,4-6,10-12H2,1-3H3,(H2,20,22,23). The molecule has 0 aromatic carbocycles. The van der Waals surface area contributed by atoms with Gasteiger partial charge in [0.15, 0.2) is 5.96 Å². The lowest BCUT2D eigenvalue weighted by molar-refractivity contribution is 0.288. The van der Waals surface area contributed by atoms with Gasteiger partial charge in [0.25, 0.3) is 0 Å². The molecule has 3 rings (SSSR count). The summed E-state index contributed by atoms with van der Waals surface area (Å²) in [7, 11) is 0. The van der Waals surface area contributed by atoms with Crippen molar-refractivity contribution in [2.75, 3.05) is 13.2 Å². The Morgan fingerprint density at radius 3 is 2.88 bits per heavy atom. The Bertz CT molecular complexity index is 733. The van der Waals surface area contributed by atoms with Crippen molar-refractivity contribution in [3.63, 3.8) is 0 Å². The van der Waals surface area contributed by atoms with Gasteiger partial charge in [0.1, 0.15) is 5.76 Å². The van der Waals surface area contributed by atoms with Crippen LogP contribution in [0.4, 0.5) is 0 Å². The van der Waals surface area contributed by atoms with Crippen LogP contribution in [0.25, 0.3) is 0 Å². The summed E-state index contributed by atoms with van der Waals surface area (Å²) in [4.78, 5) is 13.3. The largest absolute Gasteiger partial charge is 0.477 e. The third-order valence-electron chi connectivity index (χ3n) is 4.21. The zero-order valence-electron chi connectivity index (χ0n) is 15.7. The van der Waals surface area contributed by atoms with E-state index in [2.05, 4.69) is 25.6 Å². The van der Waals surface area contributed by atoms with Crippen LogP contribution in [0.3, 0.4) is 0 Å². The van der Waals surface area contributed by atoms with Crippen LogP contribution in [-0.2, 0) is 13.1 Å². The van der Waals surface area contributed by atoms with Gasteiger partial charge in [-0.15, -0.1) is 0 Å². The SMILES string of the molecule is CCNC(=NCc1ccnc(OCC2CC2)c1)NCc1nc(C)c(C)o1. The average molecular weight is 357 g/mol. The summed E-state index contributed by atoms with van der Waals surface area (Å²) >= 11 is 0. The lowest BCUT2D eigenvalue weighted by Gasteiger charge is -2.10. The van der Waals surface area contributed by atoms with Crippen molar-refractivity contribution in [3.8, 4) is 5.88 Å². The minimum absolute atomic E-state index is 0.493. The second kappa shape index (κ2) is 8.69. The van der Waals surface area contributed by atoms with Crippen molar-refractivity contribution in [2.24, 2.45) is 10.9 Å². The van der Waals surface area contributed by atoms with E-state index >= 15 is 0 Å². The van der Waals surface area contributed by atoms with E-state index in [1.54, 1.807) is 6.20 Å². The quantitative estimate of drug-likeness (QED) is 0.558. The number of aromatic nitrogens is 2. The van der Waals surface area contributed by atoms with Gasteiger partial charge in [-0.3, -0.25) is 0 Å². The first-order valence-electron chi connectivity index (χ1n) is 9.17. The van der Waals surface area contributed by atoms with E-state index in [9.17, 15) is 0 Å². The minimum atomic E-state index is 0.493. The van der Waals surface area contributed by atoms with Crippen LogP contribution >= 0.6 is 0 Å². The molecule has 1 aliphatic carbocycles. The maximum absolute atomic E-state index is 5.73. The molecule has 0 saturated heterocycles. The van der Waals surface area contributed by atoms with Crippen LogP contribution in [0.15, 0.2) is 27.7 Å². The van der Waals surface area contributed by atoms with Crippen LogP contribution in [0.1, 0.15) is 42.7 Å². The summed E-state index contributed by atoms with van der Waals surface area (Å²) in [6.07, 6.45) is 4.31. The third-order valence-corrected chi connectivity index (χ3v) is 4.21. The van der Waals surface area contributed by atoms with Gasteiger partial charge in [-0.1, -0.05) is 0 Å². The molecule has 0 spiro atoms. The van der Waals surface area contributed by atoms with Crippen molar-refractivity contribution in [1.29, 1.82) is 0 Å². The van der Waals surface area contributed by atoms with Crippen molar-refractivity contribution in [3.05, 3.63) is 41.2 Å². The Morgan fingerprint density at radius 1 is 1.35 bits per heavy atom. The van der Waals surface area contributed by atoms with Gasteiger partial charge in [0.05, 0.1) is 25.4 Å². The summed E-state index contributed by atoms with van der Waals surface area (Å²) < 4.78 is 11.3. The fraction of sp³-hybridized carbons (Fsp3) is 0.526.